The fourth-order valence-electron chi connectivity index (χ4n) is 3.01. The minimum Gasteiger partial charge on any atom is -0.490 e. The van der Waals surface area contributed by atoms with Gasteiger partial charge in [0.25, 0.3) is 5.91 Å². The van der Waals surface area contributed by atoms with Crippen molar-refractivity contribution in [2.45, 2.75) is 20.1 Å². The summed E-state index contributed by atoms with van der Waals surface area (Å²) in [4.78, 5) is 23.6. The first-order valence-corrected chi connectivity index (χ1v) is 10.6. The Bertz CT molecular complexity index is 1240. The average molecular weight is 481 g/mol. The highest BCUT2D eigenvalue weighted by Gasteiger charge is 2.15. The lowest BCUT2D eigenvalue weighted by Crippen LogP contribution is -2.23. The summed E-state index contributed by atoms with van der Waals surface area (Å²) in [6, 6.07) is 14.8. The fourth-order valence-corrected chi connectivity index (χ4v) is 3.29. The van der Waals surface area contributed by atoms with Gasteiger partial charge in [-0.2, -0.15) is 5.26 Å². The number of aromatic carboxylic acids is 1. The van der Waals surface area contributed by atoms with Crippen LogP contribution in [0.25, 0.3) is 6.08 Å². The molecule has 0 saturated heterocycles. The number of rotatable bonds is 10. The smallest absolute Gasteiger partial charge is 0.335 e. The molecule has 1 aromatic heterocycles. The van der Waals surface area contributed by atoms with Gasteiger partial charge < -0.3 is 24.3 Å². The zero-order valence-corrected chi connectivity index (χ0v) is 19.0. The Morgan fingerprint density at radius 3 is 2.71 bits per heavy atom. The predicted octanol–water partition coefficient (Wildman–Crippen LogP) is 4.83. The minimum absolute atomic E-state index is 0.0642. The molecule has 8 nitrogen and oxygen atoms in total. The number of nitrogens with zero attached hydrogens (tertiary/aromatic N) is 1. The minimum atomic E-state index is -1.03. The summed E-state index contributed by atoms with van der Waals surface area (Å²) in [5.41, 5.74) is 1.14. The Kier molecular flexibility index (Phi) is 8.32. The zero-order valence-electron chi connectivity index (χ0n) is 18.2. The van der Waals surface area contributed by atoms with Crippen LogP contribution in [0.2, 0.25) is 5.02 Å². The lowest BCUT2D eigenvalue weighted by atomic mass is 10.1. The number of carbonyl (C=O) groups is 2. The first kappa shape index (κ1) is 24.4. The van der Waals surface area contributed by atoms with Crippen molar-refractivity contribution in [2.75, 3.05) is 6.61 Å². The number of benzene rings is 2. The van der Waals surface area contributed by atoms with Gasteiger partial charge in [-0.1, -0.05) is 23.7 Å². The molecule has 34 heavy (non-hydrogen) atoms. The average Bonchev–Trinajstić information content (AvgIpc) is 3.34. The molecular weight excluding hydrogens is 460 g/mol. The maximum absolute atomic E-state index is 12.4. The lowest BCUT2D eigenvalue weighted by molar-refractivity contribution is -0.117. The number of hydrogen-bond acceptors (Lipinski definition) is 6. The molecule has 2 aromatic carbocycles. The van der Waals surface area contributed by atoms with Crippen molar-refractivity contribution in [1.82, 2.24) is 5.32 Å². The monoisotopic (exact) mass is 480 g/mol. The van der Waals surface area contributed by atoms with E-state index in [0.717, 1.165) is 0 Å². The third-order valence-corrected chi connectivity index (χ3v) is 4.85. The van der Waals surface area contributed by atoms with Gasteiger partial charge in [0.15, 0.2) is 11.5 Å². The van der Waals surface area contributed by atoms with Gasteiger partial charge >= 0.3 is 5.97 Å². The van der Waals surface area contributed by atoms with Crippen LogP contribution >= 0.6 is 11.6 Å². The molecule has 9 heteroatoms. The standard InChI is InChI=1S/C25H21ClN2O6/c1-2-32-22-12-17(10-19(13-27)24(29)28-14-20-7-4-8-33-20)11-21(26)23(22)34-15-16-5-3-6-18(9-16)25(30)31/h3-12H,2,14-15H2,1H3,(H,28,29)(H,30,31)/b19-10+. The number of halogens is 1. The van der Waals surface area contributed by atoms with Crippen molar-refractivity contribution in [3.63, 3.8) is 0 Å². The normalized spacial score (nSPS) is 10.9. The van der Waals surface area contributed by atoms with Gasteiger partial charge in [-0.25, -0.2) is 4.79 Å². The van der Waals surface area contributed by atoms with E-state index in [1.54, 1.807) is 43.3 Å². The number of nitriles is 1. The highest BCUT2D eigenvalue weighted by Crippen LogP contribution is 2.38. The third kappa shape index (κ3) is 6.40. The largest absolute Gasteiger partial charge is 0.490 e. The number of nitrogens with one attached hydrogen (secondary N) is 1. The maximum Gasteiger partial charge on any atom is 0.335 e. The Morgan fingerprint density at radius 1 is 1.21 bits per heavy atom. The quantitative estimate of drug-likeness (QED) is 0.314. The summed E-state index contributed by atoms with van der Waals surface area (Å²) in [7, 11) is 0. The van der Waals surface area contributed by atoms with E-state index >= 15 is 0 Å². The Morgan fingerprint density at radius 2 is 2.03 bits per heavy atom. The van der Waals surface area contributed by atoms with Crippen LogP contribution in [-0.4, -0.2) is 23.6 Å². The van der Waals surface area contributed by atoms with E-state index in [0.29, 0.717) is 29.2 Å². The highest BCUT2D eigenvalue weighted by molar-refractivity contribution is 6.32. The third-order valence-electron chi connectivity index (χ3n) is 4.57. The van der Waals surface area contributed by atoms with E-state index in [-0.39, 0.29) is 35.1 Å². The summed E-state index contributed by atoms with van der Waals surface area (Å²) in [6.45, 7) is 2.32. The molecule has 0 spiro atoms. The number of hydrogen-bond donors (Lipinski definition) is 2. The molecule has 3 rings (SSSR count). The Balaban J connectivity index is 1.80. The van der Waals surface area contributed by atoms with Gasteiger partial charge in [0, 0.05) is 0 Å². The van der Waals surface area contributed by atoms with Crippen molar-refractivity contribution in [1.29, 1.82) is 5.26 Å². The van der Waals surface area contributed by atoms with Gasteiger partial charge in [0.05, 0.1) is 30.0 Å². The van der Waals surface area contributed by atoms with Crippen LogP contribution in [0, 0.1) is 11.3 Å². The van der Waals surface area contributed by atoms with Gasteiger partial charge in [-0.3, -0.25) is 4.79 Å². The second kappa shape index (κ2) is 11.6. The number of furan rings is 1. The van der Waals surface area contributed by atoms with Crippen LogP contribution in [0.3, 0.4) is 0 Å². The molecule has 0 bridgehead atoms. The zero-order chi connectivity index (χ0) is 24.5. The molecule has 0 radical (unpaired) electrons. The van der Waals surface area contributed by atoms with Crippen molar-refractivity contribution < 1.29 is 28.6 Å². The van der Waals surface area contributed by atoms with E-state index < -0.39 is 11.9 Å². The predicted molar refractivity (Wildman–Crippen MR) is 124 cm³/mol. The summed E-state index contributed by atoms with van der Waals surface area (Å²) in [5, 5.41) is 21.4. The molecule has 0 aliphatic rings. The van der Waals surface area contributed by atoms with Crippen molar-refractivity contribution >= 4 is 29.6 Å². The van der Waals surface area contributed by atoms with E-state index in [2.05, 4.69) is 5.32 Å². The molecule has 3 aromatic rings. The van der Waals surface area contributed by atoms with Crippen molar-refractivity contribution in [3.05, 3.63) is 87.8 Å². The topological polar surface area (TPSA) is 122 Å². The van der Waals surface area contributed by atoms with Gasteiger partial charge in [0.1, 0.15) is 24.0 Å². The molecular formula is C25H21ClN2O6. The molecule has 0 fully saturated rings. The second-order valence-corrected chi connectivity index (χ2v) is 7.40. The SMILES string of the molecule is CCOc1cc(/C=C(\C#N)C(=O)NCc2ccco2)cc(Cl)c1OCc1cccc(C(=O)O)c1. The van der Waals surface area contributed by atoms with Gasteiger partial charge in [-0.15, -0.1) is 0 Å². The molecule has 1 amide bonds. The van der Waals surface area contributed by atoms with E-state index in [1.807, 2.05) is 6.07 Å². The van der Waals surface area contributed by atoms with E-state index in [1.165, 1.54) is 24.5 Å². The van der Waals surface area contributed by atoms with Crippen LogP contribution in [-0.2, 0) is 17.9 Å². The molecule has 0 aliphatic carbocycles. The summed E-state index contributed by atoms with van der Waals surface area (Å²) in [6.07, 6.45) is 2.89. The van der Waals surface area contributed by atoms with Crippen molar-refractivity contribution in [2.24, 2.45) is 0 Å². The van der Waals surface area contributed by atoms with Crippen LogP contribution in [0.5, 0.6) is 11.5 Å². The van der Waals surface area contributed by atoms with Crippen molar-refractivity contribution in [3.8, 4) is 17.6 Å². The van der Waals surface area contributed by atoms with E-state index in [9.17, 15) is 14.9 Å². The maximum atomic E-state index is 12.4. The van der Waals surface area contributed by atoms with E-state index in [4.69, 9.17) is 30.6 Å². The first-order chi connectivity index (χ1) is 16.4. The molecule has 0 saturated carbocycles. The molecule has 1 heterocycles. The molecule has 0 aliphatic heterocycles. The van der Waals surface area contributed by atoms with Crippen LogP contribution in [0.1, 0.15) is 34.2 Å². The number of carboxylic acid groups (broad SMARTS) is 1. The molecule has 0 atom stereocenters. The summed E-state index contributed by atoms with van der Waals surface area (Å²) < 4.78 is 16.6. The van der Waals surface area contributed by atoms with Gasteiger partial charge in [-0.05, 0) is 60.5 Å². The number of carboxylic acids is 1. The highest BCUT2D eigenvalue weighted by atomic mass is 35.5. The molecule has 174 valence electrons. The summed E-state index contributed by atoms with van der Waals surface area (Å²) >= 11 is 6.43. The van der Waals surface area contributed by atoms with Gasteiger partial charge in [0.2, 0.25) is 0 Å². The second-order valence-electron chi connectivity index (χ2n) is 6.99. The van der Waals surface area contributed by atoms with Crippen LogP contribution in [0.15, 0.2) is 64.8 Å². The molecule has 0 unspecified atom stereocenters. The fraction of sp³-hybridized carbons (Fsp3) is 0.160. The number of amides is 1. The lowest BCUT2D eigenvalue weighted by Gasteiger charge is -2.15. The van der Waals surface area contributed by atoms with Crippen LogP contribution < -0.4 is 14.8 Å². The van der Waals surface area contributed by atoms with Crippen LogP contribution in [0.4, 0.5) is 0 Å². The Hall–Kier alpha value is -4.22. The number of carbonyl (C=O) groups excluding carboxylic acids is 1. The number of ether oxygens (including phenoxy) is 2. The molecule has 2 N–H and O–H groups in total. The first-order valence-electron chi connectivity index (χ1n) is 10.2. The Labute approximate surface area is 201 Å². The summed E-state index contributed by atoms with van der Waals surface area (Å²) in [5.74, 6) is -0.451.